The minimum Gasteiger partial charge on any atom is -0.490 e. The van der Waals surface area contributed by atoms with E-state index in [0.29, 0.717) is 47.8 Å². The van der Waals surface area contributed by atoms with E-state index in [4.69, 9.17) is 19.2 Å². The lowest BCUT2D eigenvalue weighted by atomic mass is 9.97. The van der Waals surface area contributed by atoms with Crippen LogP contribution in [0.2, 0.25) is 0 Å². The van der Waals surface area contributed by atoms with Gasteiger partial charge in [-0.2, -0.15) is 5.26 Å². The largest absolute Gasteiger partial charge is 0.490 e. The van der Waals surface area contributed by atoms with E-state index in [2.05, 4.69) is 51.9 Å². The lowest BCUT2D eigenvalue weighted by Gasteiger charge is -2.27. The lowest BCUT2D eigenvalue weighted by molar-refractivity contribution is -0.136. The minimum atomic E-state index is -1.06. The number of aryl methyl sites for hydroxylation is 1. The summed E-state index contributed by atoms with van der Waals surface area (Å²) in [4.78, 5) is 84.3. The van der Waals surface area contributed by atoms with E-state index in [1.807, 2.05) is 44.2 Å². The Morgan fingerprint density at radius 1 is 0.882 bits per heavy atom. The van der Waals surface area contributed by atoms with Crippen molar-refractivity contribution in [3.05, 3.63) is 122 Å². The van der Waals surface area contributed by atoms with Crippen LogP contribution < -0.4 is 20.9 Å². The Hall–Kier alpha value is -7.00. The van der Waals surface area contributed by atoms with Gasteiger partial charge in [-0.1, -0.05) is 69.2 Å². The molecule has 68 heavy (non-hydrogen) atoms. The molecule has 1 fully saturated rings. The number of aromatic nitrogens is 3. The summed E-state index contributed by atoms with van der Waals surface area (Å²) in [6.07, 6.45) is 7.78. The molecule has 5 aromatic rings. The first-order valence-corrected chi connectivity index (χ1v) is 23.3. The van der Waals surface area contributed by atoms with E-state index < -0.39 is 29.7 Å². The molecule has 3 aromatic carbocycles. The molecule has 2 aliphatic heterocycles. The monoisotopic (exact) mass is 926 g/mol. The SMILES string of the molecule is CC(C)c1c(-c2ccc(CCN(C)CCCCCCc3cccc(C(=O)NCCOCCOCCOc4cccc5c4C(=O)N(C4CCC(=O)NC4=O)C5=O)c3)cc2)nc2c(C#N)c[nH]n2c1=O. The Morgan fingerprint density at radius 2 is 1.63 bits per heavy atom. The van der Waals surface area contributed by atoms with Gasteiger partial charge in [0.15, 0.2) is 5.65 Å². The molecule has 0 saturated carbocycles. The number of rotatable bonds is 24. The fourth-order valence-corrected chi connectivity index (χ4v) is 8.52. The quantitative estimate of drug-likeness (QED) is 0.0537. The summed E-state index contributed by atoms with van der Waals surface area (Å²) in [7, 11) is 2.15. The number of aromatic amines is 1. The number of piperidine rings is 1. The van der Waals surface area contributed by atoms with Gasteiger partial charge in [-0.3, -0.25) is 44.1 Å². The van der Waals surface area contributed by atoms with Crippen LogP contribution in [0.4, 0.5) is 0 Å². The molecule has 17 nitrogen and oxygen atoms in total. The smallest absolute Gasteiger partial charge is 0.276 e. The molecule has 2 aromatic heterocycles. The average Bonchev–Trinajstić information content (AvgIpc) is 3.87. The van der Waals surface area contributed by atoms with Gasteiger partial charge < -0.3 is 24.4 Å². The van der Waals surface area contributed by atoms with Crippen molar-refractivity contribution < 1.29 is 38.2 Å². The summed E-state index contributed by atoms with van der Waals surface area (Å²) in [6, 6.07) is 21.7. The number of nitriles is 1. The van der Waals surface area contributed by atoms with Gasteiger partial charge in [0, 0.05) is 42.4 Å². The number of imide groups is 2. The molecule has 17 heteroatoms. The van der Waals surface area contributed by atoms with Gasteiger partial charge in [0.05, 0.1) is 43.2 Å². The fourth-order valence-electron chi connectivity index (χ4n) is 8.52. The van der Waals surface area contributed by atoms with Crippen LogP contribution in [0, 0.1) is 11.3 Å². The van der Waals surface area contributed by atoms with Gasteiger partial charge in [0.2, 0.25) is 11.8 Å². The molecule has 0 aliphatic carbocycles. The summed E-state index contributed by atoms with van der Waals surface area (Å²) in [5, 5.41) is 17.5. The van der Waals surface area contributed by atoms with E-state index in [9.17, 15) is 34.0 Å². The summed E-state index contributed by atoms with van der Waals surface area (Å²) in [5.74, 6) is -2.33. The summed E-state index contributed by atoms with van der Waals surface area (Å²) >= 11 is 0. The molecule has 2 aliphatic rings. The first-order valence-electron chi connectivity index (χ1n) is 23.3. The number of benzene rings is 3. The summed E-state index contributed by atoms with van der Waals surface area (Å²) < 4.78 is 18.3. The highest BCUT2D eigenvalue weighted by molar-refractivity contribution is 6.24. The van der Waals surface area contributed by atoms with Crippen LogP contribution in [-0.4, -0.2) is 120 Å². The van der Waals surface area contributed by atoms with E-state index in [1.54, 1.807) is 12.1 Å². The lowest BCUT2D eigenvalue weighted by Crippen LogP contribution is -2.54. The van der Waals surface area contributed by atoms with Crippen molar-refractivity contribution >= 4 is 35.2 Å². The van der Waals surface area contributed by atoms with Crippen molar-refractivity contribution in [1.29, 1.82) is 5.26 Å². The Labute approximate surface area is 394 Å². The first kappa shape index (κ1) is 48.9. The zero-order valence-electron chi connectivity index (χ0n) is 38.8. The number of likely N-dealkylation sites (N-methyl/N-ethyl adjacent to an activating group) is 1. The number of carbonyl (C=O) groups excluding carboxylic acids is 5. The second-order valence-corrected chi connectivity index (χ2v) is 17.4. The normalized spacial score (nSPS) is 14.8. The van der Waals surface area contributed by atoms with Crippen LogP contribution in [0.3, 0.4) is 0 Å². The molecule has 356 valence electrons. The molecule has 0 spiro atoms. The Morgan fingerprint density at radius 3 is 2.40 bits per heavy atom. The predicted octanol–water partition coefficient (Wildman–Crippen LogP) is 5.21. The molecule has 1 saturated heterocycles. The van der Waals surface area contributed by atoms with Crippen LogP contribution in [0.15, 0.2) is 77.7 Å². The van der Waals surface area contributed by atoms with Crippen molar-refractivity contribution in [1.82, 2.24) is 35.0 Å². The fraction of sp³-hybridized carbons (Fsp3) is 0.412. The van der Waals surface area contributed by atoms with Gasteiger partial charge in [-0.15, -0.1) is 0 Å². The summed E-state index contributed by atoms with van der Waals surface area (Å²) in [5.41, 5.74) is 5.74. The number of hydrogen-bond acceptors (Lipinski definition) is 12. The number of carbonyl (C=O) groups is 5. The highest BCUT2D eigenvalue weighted by Crippen LogP contribution is 2.34. The molecule has 1 unspecified atom stereocenters. The van der Waals surface area contributed by atoms with Crippen molar-refractivity contribution in [2.24, 2.45) is 0 Å². The number of fused-ring (bicyclic) bond motifs is 2. The number of hydrogen-bond donors (Lipinski definition) is 3. The maximum atomic E-state index is 13.3. The minimum absolute atomic E-state index is 0.0385. The standard InChI is InChI=1S/C51H58N8O9/c1-33(2)43-45(56-46-38(31-52)32-54-59(46)51(43)65)36-17-15-34(16-18-36)21-24-57(3)23-7-5-4-6-10-35-11-8-12-37(30-35)47(61)53-22-25-66-26-27-67-28-29-68-41-14-9-13-39-44(41)50(64)58(49(39)63)40-19-20-42(60)55-48(40)62/h8-9,11-18,30,32-33,40,54H,4-7,10,19-29H2,1-3H3,(H,53,61)(H,55,60,62). The second kappa shape index (κ2) is 23.1. The number of nitrogens with one attached hydrogen (secondary N) is 3. The highest BCUT2D eigenvalue weighted by atomic mass is 16.5. The number of amides is 5. The molecule has 1 atom stereocenters. The van der Waals surface area contributed by atoms with Gasteiger partial charge in [-0.05, 0) is 87.0 Å². The maximum Gasteiger partial charge on any atom is 0.276 e. The molecule has 3 N–H and O–H groups in total. The first-order chi connectivity index (χ1) is 32.9. The number of H-pyrrole nitrogens is 1. The van der Waals surface area contributed by atoms with Crippen LogP contribution in [0.25, 0.3) is 16.9 Å². The molecule has 0 bridgehead atoms. The molecule has 4 heterocycles. The van der Waals surface area contributed by atoms with E-state index >= 15 is 0 Å². The zero-order valence-corrected chi connectivity index (χ0v) is 38.8. The van der Waals surface area contributed by atoms with Gasteiger partial charge in [0.1, 0.15) is 30.0 Å². The maximum absolute atomic E-state index is 13.3. The van der Waals surface area contributed by atoms with Crippen molar-refractivity contribution in [3.63, 3.8) is 0 Å². The number of nitrogens with zero attached hydrogens (tertiary/aromatic N) is 5. The third-order valence-corrected chi connectivity index (χ3v) is 12.2. The van der Waals surface area contributed by atoms with Crippen molar-refractivity contribution in [2.75, 3.05) is 59.7 Å². The summed E-state index contributed by atoms with van der Waals surface area (Å²) in [6.45, 7) is 7.41. The van der Waals surface area contributed by atoms with E-state index in [1.165, 1.54) is 22.3 Å². The van der Waals surface area contributed by atoms with Gasteiger partial charge in [-0.25, -0.2) is 9.50 Å². The third kappa shape index (κ3) is 11.7. The molecule has 5 amide bonds. The second-order valence-electron chi connectivity index (χ2n) is 17.4. The zero-order chi connectivity index (χ0) is 48.2. The molecule has 0 radical (unpaired) electrons. The number of ether oxygens (including phenoxy) is 3. The predicted molar refractivity (Wildman–Crippen MR) is 252 cm³/mol. The third-order valence-electron chi connectivity index (χ3n) is 12.2. The van der Waals surface area contributed by atoms with Crippen LogP contribution in [0.1, 0.15) is 112 Å². The molecule has 7 rings (SSSR count). The van der Waals surface area contributed by atoms with E-state index in [-0.39, 0.29) is 66.9 Å². The molecular formula is C51H58N8O9. The Balaban J connectivity index is 0.723. The van der Waals surface area contributed by atoms with Crippen LogP contribution >= 0.6 is 0 Å². The average molecular weight is 927 g/mol. The van der Waals surface area contributed by atoms with Crippen LogP contribution in [-0.2, 0) is 31.9 Å². The Kier molecular flexibility index (Phi) is 16.6. The van der Waals surface area contributed by atoms with Crippen LogP contribution in [0.5, 0.6) is 5.75 Å². The van der Waals surface area contributed by atoms with Crippen molar-refractivity contribution in [3.8, 4) is 23.1 Å². The molecular weight excluding hydrogens is 869 g/mol. The van der Waals surface area contributed by atoms with E-state index in [0.717, 1.165) is 67.6 Å². The van der Waals surface area contributed by atoms with Crippen molar-refractivity contribution in [2.45, 2.75) is 77.2 Å². The van der Waals surface area contributed by atoms with Gasteiger partial charge in [0.25, 0.3) is 23.3 Å². The van der Waals surface area contributed by atoms with Gasteiger partial charge >= 0.3 is 0 Å². The highest BCUT2D eigenvalue weighted by Gasteiger charge is 2.46. The Bertz CT molecular complexity index is 2740. The number of unbranched alkanes of at least 4 members (excludes halogenated alkanes) is 3. The topological polar surface area (TPSA) is 218 Å².